The summed E-state index contributed by atoms with van der Waals surface area (Å²) in [5, 5.41) is 1.11. The fourth-order valence-corrected chi connectivity index (χ4v) is 4.23. The van der Waals surface area contributed by atoms with Crippen molar-refractivity contribution in [2.45, 2.75) is 53.2 Å². The molecule has 1 atom stereocenters. The highest BCUT2D eigenvalue weighted by molar-refractivity contribution is 7.11. The number of nitrogens with zero attached hydrogens (tertiary/aromatic N) is 4. The van der Waals surface area contributed by atoms with Crippen LogP contribution in [0.4, 0.5) is 0 Å². The number of thiazole rings is 1. The van der Waals surface area contributed by atoms with E-state index >= 15 is 0 Å². The van der Waals surface area contributed by atoms with Gasteiger partial charge in [-0.3, -0.25) is 9.69 Å². The topological polar surface area (TPSA) is 62.5 Å². The van der Waals surface area contributed by atoms with Crippen LogP contribution in [0.1, 0.15) is 40.6 Å². The molecule has 3 heterocycles. The van der Waals surface area contributed by atoms with Crippen LogP contribution in [0.15, 0.2) is 10.6 Å². The van der Waals surface area contributed by atoms with Crippen molar-refractivity contribution in [3.63, 3.8) is 0 Å². The molecule has 1 amide bonds. The molecule has 7 heteroatoms. The van der Waals surface area contributed by atoms with Crippen molar-refractivity contribution >= 4 is 17.2 Å². The minimum Gasteiger partial charge on any atom is -0.444 e. The molecule has 0 unspecified atom stereocenters. The first-order chi connectivity index (χ1) is 11.4. The predicted octanol–water partition coefficient (Wildman–Crippen LogP) is 2.68. The van der Waals surface area contributed by atoms with E-state index in [-0.39, 0.29) is 11.9 Å². The molecule has 6 nitrogen and oxygen atoms in total. The number of carbonyl (C=O) groups is 1. The van der Waals surface area contributed by atoms with Gasteiger partial charge in [0, 0.05) is 37.5 Å². The van der Waals surface area contributed by atoms with E-state index in [1.54, 1.807) is 24.5 Å². The quantitative estimate of drug-likeness (QED) is 0.831. The van der Waals surface area contributed by atoms with E-state index in [4.69, 9.17) is 4.42 Å². The van der Waals surface area contributed by atoms with Crippen LogP contribution in [0.3, 0.4) is 0 Å². The fraction of sp³-hybridized carbons (Fsp3) is 0.588. The van der Waals surface area contributed by atoms with E-state index in [2.05, 4.69) is 21.8 Å². The normalized spacial score (nSPS) is 18.2. The Balaban J connectivity index is 1.63. The number of likely N-dealkylation sites (tertiary alicyclic amines) is 1. The second kappa shape index (κ2) is 7.03. The molecule has 1 fully saturated rings. The molecule has 0 N–H and O–H groups in total. The lowest BCUT2D eigenvalue weighted by molar-refractivity contribution is -0.132. The van der Waals surface area contributed by atoms with Crippen LogP contribution >= 0.6 is 11.3 Å². The lowest BCUT2D eigenvalue weighted by Crippen LogP contribution is -2.40. The lowest BCUT2D eigenvalue weighted by atomic mass is 10.2. The fourth-order valence-electron chi connectivity index (χ4n) is 3.25. The smallest absolute Gasteiger partial charge is 0.220 e. The molecule has 1 aliphatic rings. The van der Waals surface area contributed by atoms with Gasteiger partial charge >= 0.3 is 0 Å². The Labute approximate surface area is 146 Å². The van der Waals surface area contributed by atoms with Crippen molar-refractivity contribution in [2.24, 2.45) is 0 Å². The molecule has 130 valence electrons. The maximum atomic E-state index is 12.1. The van der Waals surface area contributed by atoms with Crippen molar-refractivity contribution < 1.29 is 9.21 Å². The molecule has 0 radical (unpaired) electrons. The molecule has 2 aromatic rings. The third kappa shape index (κ3) is 3.84. The molecule has 3 rings (SSSR count). The van der Waals surface area contributed by atoms with E-state index in [1.165, 1.54) is 4.88 Å². The highest BCUT2D eigenvalue weighted by Gasteiger charge is 2.30. The molecule has 0 aromatic carbocycles. The summed E-state index contributed by atoms with van der Waals surface area (Å²) in [6.45, 7) is 10.8. The summed E-state index contributed by atoms with van der Waals surface area (Å²) >= 11 is 1.76. The number of carbonyl (C=O) groups excluding carboxylic acids is 1. The Morgan fingerprint density at radius 2 is 2.25 bits per heavy atom. The van der Waals surface area contributed by atoms with Gasteiger partial charge in [-0.25, -0.2) is 9.97 Å². The number of hydrogen-bond acceptors (Lipinski definition) is 6. The lowest BCUT2D eigenvalue weighted by Gasteiger charge is -2.27. The summed E-state index contributed by atoms with van der Waals surface area (Å²) in [6.07, 6.45) is 2.68. The number of oxazole rings is 1. The zero-order chi connectivity index (χ0) is 17.3. The zero-order valence-electron chi connectivity index (χ0n) is 14.7. The van der Waals surface area contributed by atoms with Crippen LogP contribution in [0.2, 0.25) is 0 Å². The molecular formula is C17H24N4O2S. The van der Waals surface area contributed by atoms with Crippen LogP contribution in [-0.2, 0) is 17.9 Å². The van der Waals surface area contributed by atoms with E-state index in [0.717, 1.165) is 42.5 Å². The SMILES string of the molecule is CC(=O)N(Cc1ncc(C)o1)[C@@H]1CCN(Cc2sc(C)nc2C)C1. The number of aryl methyl sites for hydroxylation is 3. The average molecular weight is 348 g/mol. The van der Waals surface area contributed by atoms with Crippen molar-refractivity contribution in [1.82, 2.24) is 19.8 Å². The standard InChI is InChI=1S/C17H24N4O2S/c1-11-7-18-17(23-11)10-21(14(4)22)15-5-6-20(8-15)9-16-12(2)19-13(3)24-16/h7,15H,5-6,8-10H2,1-4H3/t15-/m1/s1. The largest absolute Gasteiger partial charge is 0.444 e. The zero-order valence-corrected chi connectivity index (χ0v) is 15.5. The highest BCUT2D eigenvalue weighted by Crippen LogP contribution is 2.24. The minimum atomic E-state index is 0.0718. The second-order valence-corrected chi connectivity index (χ2v) is 7.72. The van der Waals surface area contributed by atoms with Gasteiger partial charge in [-0.05, 0) is 27.2 Å². The highest BCUT2D eigenvalue weighted by atomic mass is 32.1. The van der Waals surface area contributed by atoms with Gasteiger partial charge in [-0.1, -0.05) is 0 Å². The molecule has 0 aliphatic carbocycles. The van der Waals surface area contributed by atoms with Crippen molar-refractivity contribution in [3.05, 3.63) is 33.4 Å². The van der Waals surface area contributed by atoms with Gasteiger partial charge in [0.1, 0.15) is 5.76 Å². The van der Waals surface area contributed by atoms with E-state index in [9.17, 15) is 4.79 Å². The van der Waals surface area contributed by atoms with E-state index in [1.807, 2.05) is 18.7 Å². The first-order valence-electron chi connectivity index (χ1n) is 8.26. The van der Waals surface area contributed by atoms with E-state index in [0.29, 0.717) is 12.4 Å². The van der Waals surface area contributed by atoms with Crippen LogP contribution in [-0.4, -0.2) is 44.8 Å². The Morgan fingerprint density at radius 3 is 2.83 bits per heavy atom. The van der Waals surface area contributed by atoms with Gasteiger partial charge in [0.05, 0.1) is 23.4 Å². The second-order valence-electron chi connectivity index (χ2n) is 6.43. The summed E-state index contributed by atoms with van der Waals surface area (Å²) in [5.41, 5.74) is 1.12. The maximum Gasteiger partial charge on any atom is 0.220 e. The molecule has 1 saturated heterocycles. The Kier molecular flexibility index (Phi) is 5.01. The third-order valence-corrected chi connectivity index (χ3v) is 5.49. The van der Waals surface area contributed by atoms with Crippen LogP contribution < -0.4 is 0 Å². The van der Waals surface area contributed by atoms with Gasteiger partial charge < -0.3 is 9.32 Å². The summed E-state index contributed by atoms with van der Waals surface area (Å²) in [5.74, 6) is 1.45. The van der Waals surface area contributed by atoms with Gasteiger partial charge in [-0.2, -0.15) is 0 Å². The molecule has 2 aromatic heterocycles. The summed E-state index contributed by atoms with van der Waals surface area (Å²) in [7, 11) is 0. The van der Waals surface area contributed by atoms with Crippen molar-refractivity contribution in [1.29, 1.82) is 0 Å². The predicted molar refractivity (Wildman–Crippen MR) is 92.7 cm³/mol. The van der Waals surface area contributed by atoms with Crippen molar-refractivity contribution in [2.75, 3.05) is 13.1 Å². The average Bonchev–Trinajstić information content (AvgIpc) is 3.19. The number of rotatable bonds is 5. The van der Waals surface area contributed by atoms with Crippen LogP contribution in [0, 0.1) is 20.8 Å². The van der Waals surface area contributed by atoms with Crippen LogP contribution in [0.25, 0.3) is 0 Å². The van der Waals surface area contributed by atoms with Gasteiger partial charge in [0.25, 0.3) is 0 Å². The van der Waals surface area contributed by atoms with E-state index < -0.39 is 0 Å². The number of amides is 1. The van der Waals surface area contributed by atoms with Gasteiger partial charge in [0.2, 0.25) is 11.8 Å². The first kappa shape index (κ1) is 17.1. The van der Waals surface area contributed by atoms with Crippen molar-refractivity contribution in [3.8, 4) is 0 Å². The monoisotopic (exact) mass is 348 g/mol. The van der Waals surface area contributed by atoms with Crippen LogP contribution in [0.5, 0.6) is 0 Å². The molecule has 24 heavy (non-hydrogen) atoms. The summed E-state index contributed by atoms with van der Waals surface area (Å²) in [4.78, 5) is 26.4. The first-order valence-corrected chi connectivity index (χ1v) is 9.08. The molecule has 0 spiro atoms. The third-order valence-electron chi connectivity index (χ3n) is 4.43. The Morgan fingerprint density at radius 1 is 1.46 bits per heavy atom. The summed E-state index contributed by atoms with van der Waals surface area (Å²) < 4.78 is 5.54. The van der Waals surface area contributed by atoms with Gasteiger partial charge in [0.15, 0.2) is 0 Å². The maximum absolute atomic E-state index is 12.1. The summed E-state index contributed by atoms with van der Waals surface area (Å²) in [6, 6.07) is 0.212. The molecule has 0 saturated carbocycles. The molecular weight excluding hydrogens is 324 g/mol. The number of aromatic nitrogens is 2. The number of hydrogen-bond donors (Lipinski definition) is 0. The molecule has 0 bridgehead atoms. The van der Waals surface area contributed by atoms with Gasteiger partial charge in [-0.15, -0.1) is 11.3 Å². The Bertz CT molecular complexity index is 724. The molecule has 1 aliphatic heterocycles. The Hall–Kier alpha value is -1.73. The minimum absolute atomic E-state index is 0.0718.